The van der Waals surface area contributed by atoms with E-state index >= 15 is 0 Å². The number of carbonyl (C=O) groups is 1. The number of phenols is 1. The molecule has 1 amide bonds. The summed E-state index contributed by atoms with van der Waals surface area (Å²) in [6.07, 6.45) is 0. The van der Waals surface area contributed by atoms with Gasteiger partial charge < -0.3 is 15.6 Å². The van der Waals surface area contributed by atoms with Gasteiger partial charge in [0, 0.05) is 6.07 Å². The number of phenolic OH excluding ortho intramolecular Hbond substituents is 1. The third-order valence-electron chi connectivity index (χ3n) is 1.53. The lowest BCUT2D eigenvalue weighted by Crippen LogP contribution is -2.12. The van der Waals surface area contributed by atoms with Crippen molar-refractivity contribution in [2.45, 2.75) is 0 Å². The standard InChI is InChI=1S/C8H8ClNO3/c1-13-7-3-6(11)5(9)2-4(7)8(10)12/h2-3,11H,1H3,(H2,10,12). The average Bonchev–Trinajstić information content (AvgIpc) is 2.08. The van der Waals surface area contributed by atoms with Gasteiger partial charge in [-0.15, -0.1) is 0 Å². The lowest BCUT2D eigenvalue weighted by molar-refractivity contribution is 0.0997. The topological polar surface area (TPSA) is 72.6 Å². The Morgan fingerprint density at radius 2 is 2.23 bits per heavy atom. The minimum absolute atomic E-state index is 0.0644. The zero-order valence-corrected chi connectivity index (χ0v) is 7.63. The van der Waals surface area contributed by atoms with Gasteiger partial charge >= 0.3 is 0 Å². The lowest BCUT2D eigenvalue weighted by Gasteiger charge is -2.06. The summed E-state index contributed by atoms with van der Waals surface area (Å²) in [4.78, 5) is 10.8. The van der Waals surface area contributed by atoms with Gasteiger partial charge in [-0.3, -0.25) is 4.79 Å². The van der Waals surface area contributed by atoms with Crippen molar-refractivity contribution >= 4 is 17.5 Å². The highest BCUT2D eigenvalue weighted by atomic mass is 35.5. The number of ether oxygens (including phenoxy) is 1. The molecule has 0 saturated heterocycles. The lowest BCUT2D eigenvalue weighted by atomic mass is 10.2. The third-order valence-corrected chi connectivity index (χ3v) is 1.84. The number of amides is 1. The van der Waals surface area contributed by atoms with Crippen LogP contribution in [0.3, 0.4) is 0 Å². The fourth-order valence-electron chi connectivity index (χ4n) is 0.904. The Kier molecular flexibility index (Phi) is 2.63. The largest absolute Gasteiger partial charge is 0.506 e. The van der Waals surface area contributed by atoms with Gasteiger partial charge in [0.25, 0.3) is 5.91 Å². The molecule has 13 heavy (non-hydrogen) atoms. The second kappa shape index (κ2) is 3.53. The molecule has 0 aliphatic rings. The number of primary amides is 1. The molecule has 1 rings (SSSR count). The zero-order valence-electron chi connectivity index (χ0n) is 6.87. The van der Waals surface area contributed by atoms with Gasteiger partial charge in [0.2, 0.25) is 0 Å². The molecule has 0 fully saturated rings. The van der Waals surface area contributed by atoms with Crippen LogP contribution in [0, 0.1) is 0 Å². The van der Waals surface area contributed by atoms with Crippen LogP contribution in [0.2, 0.25) is 5.02 Å². The molecular formula is C8H8ClNO3. The van der Waals surface area contributed by atoms with E-state index in [4.69, 9.17) is 22.1 Å². The highest BCUT2D eigenvalue weighted by Crippen LogP contribution is 2.31. The Balaban J connectivity index is 3.33. The van der Waals surface area contributed by atoms with Crippen LogP contribution in [-0.4, -0.2) is 18.1 Å². The van der Waals surface area contributed by atoms with Crippen LogP contribution < -0.4 is 10.5 Å². The molecule has 0 radical (unpaired) electrons. The Bertz CT molecular complexity index is 351. The van der Waals surface area contributed by atoms with E-state index in [0.29, 0.717) is 0 Å². The van der Waals surface area contributed by atoms with Gasteiger partial charge in [-0.05, 0) is 6.07 Å². The van der Waals surface area contributed by atoms with Crippen molar-refractivity contribution in [3.8, 4) is 11.5 Å². The van der Waals surface area contributed by atoms with E-state index < -0.39 is 5.91 Å². The van der Waals surface area contributed by atoms with Gasteiger partial charge in [-0.25, -0.2) is 0 Å². The van der Waals surface area contributed by atoms with Crippen molar-refractivity contribution in [3.63, 3.8) is 0 Å². The maximum atomic E-state index is 10.8. The minimum Gasteiger partial charge on any atom is -0.506 e. The van der Waals surface area contributed by atoms with E-state index in [1.165, 1.54) is 19.2 Å². The molecule has 1 aromatic carbocycles. The van der Waals surface area contributed by atoms with E-state index in [2.05, 4.69) is 0 Å². The molecule has 0 aromatic heterocycles. The quantitative estimate of drug-likeness (QED) is 0.754. The summed E-state index contributed by atoms with van der Waals surface area (Å²) >= 11 is 5.57. The molecule has 0 atom stereocenters. The van der Waals surface area contributed by atoms with Crippen LogP contribution in [0.25, 0.3) is 0 Å². The SMILES string of the molecule is COc1cc(O)c(Cl)cc1C(N)=O. The predicted molar refractivity (Wildman–Crippen MR) is 48.2 cm³/mol. The number of rotatable bonds is 2. The summed E-state index contributed by atoms with van der Waals surface area (Å²) in [5.74, 6) is -0.600. The van der Waals surface area contributed by atoms with E-state index in [-0.39, 0.29) is 22.1 Å². The molecule has 0 heterocycles. The summed E-state index contributed by atoms with van der Waals surface area (Å²) in [6, 6.07) is 2.50. The summed E-state index contributed by atoms with van der Waals surface area (Å²) < 4.78 is 4.82. The number of aromatic hydroxyl groups is 1. The highest BCUT2D eigenvalue weighted by molar-refractivity contribution is 6.32. The first-order chi connectivity index (χ1) is 6.06. The Morgan fingerprint density at radius 1 is 1.62 bits per heavy atom. The molecule has 5 heteroatoms. The first-order valence-electron chi connectivity index (χ1n) is 3.42. The molecule has 0 spiro atoms. The number of halogens is 1. The smallest absolute Gasteiger partial charge is 0.252 e. The van der Waals surface area contributed by atoms with Crippen molar-refractivity contribution in [2.24, 2.45) is 5.73 Å². The molecular weight excluding hydrogens is 194 g/mol. The van der Waals surface area contributed by atoms with Gasteiger partial charge in [0.05, 0.1) is 17.7 Å². The molecule has 0 aliphatic carbocycles. The molecule has 4 nitrogen and oxygen atoms in total. The zero-order chi connectivity index (χ0) is 10.0. The molecule has 0 unspecified atom stereocenters. The van der Waals surface area contributed by atoms with Gasteiger partial charge in [0.15, 0.2) is 0 Å². The fraction of sp³-hybridized carbons (Fsp3) is 0.125. The van der Waals surface area contributed by atoms with E-state index in [0.717, 1.165) is 0 Å². The van der Waals surface area contributed by atoms with E-state index in [9.17, 15) is 9.90 Å². The maximum Gasteiger partial charge on any atom is 0.252 e. The number of hydrogen-bond acceptors (Lipinski definition) is 3. The molecule has 0 bridgehead atoms. The van der Waals surface area contributed by atoms with Crippen molar-refractivity contribution < 1.29 is 14.6 Å². The van der Waals surface area contributed by atoms with Crippen LogP contribution in [0.1, 0.15) is 10.4 Å². The summed E-state index contributed by atoms with van der Waals surface area (Å²) in [7, 11) is 1.37. The minimum atomic E-state index is -0.654. The third kappa shape index (κ3) is 1.84. The van der Waals surface area contributed by atoms with Crippen LogP contribution in [-0.2, 0) is 0 Å². The van der Waals surface area contributed by atoms with Gasteiger partial charge in [-0.2, -0.15) is 0 Å². The summed E-state index contributed by atoms with van der Waals surface area (Å²) in [6.45, 7) is 0. The van der Waals surface area contributed by atoms with Crippen molar-refractivity contribution in [2.75, 3.05) is 7.11 Å². The molecule has 0 aliphatic heterocycles. The molecule has 3 N–H and O–H groups in total. The number of hydrogen-bond donors (Lipinski definition) is 2. The summed E-state index contributed by atoms with van der Waals surface area (Å²) in [5.41, 5.74) is 5.19. The first kappa shape index (κ1) is 9.67. The van der Waals surface area contributed by atoms with Gasteiger partial charge in [0.1, 0.15) is 11.5 Å². The van der Waals surface area contributed by atoms with Crippen molar-refractivity contribution in [1.82, 2.24) is 0 Å². The summed E-state index contributed by atoms with van der Waals surface area (Å²) in [5, 5.41) is 9.24. The Morgan fingerprint density at radius 3 is 2.69 bits per heavy atom. The van der Waals surface area contributed by atoms with Gasteiger partial charge in [-0.1, -0.05) is 11.6 Å². The normalized spacial score (nSPS) is 9.69. The second-order valence-electron chi connectivity index (χ2n) is 2.37. The Hall–Kier alpha value is -1.42. The van der Waals surface area contributed by atoms with Crippen LogP contribution in [0.4, 0.5) is 0 Å². The first-order valence-corrected chi connectivity index (χ1v) is 3.80. The highest BCUT2D eigenvalue weighted by Gasteiger charge is 2.12. The van der Waals surface area contributed by atoms with Crippen LogP contribution in [0.15, 0.2) is 12.1 Å². The molecule has 0 saturated carbocycles. The van der Waals surface area contributed by atoms with Crippen LogP contribution in [0.5, 0.6) is 11.5 Å². The van der Waals surface area contributed by atoms with E-state index in [1.807, 2.05) is 0 Å². The van der Waals surface area contributed by atoms with Crippen molar-refractivity contribution in [1.29, 1.82) is 0 Å². The molecule has 1 aromatic rings. The molecule has 70 valence electrons. The number of methoxy groups -OCH3 is 1. The van der Waals surface area contributed by atoms with Crippen molar-refractivity contribution in [3.05, 3.63) is 22.7 Å². The fourth-order valence-corrected chi connectivity index (χ4v) is 1.07. The maximum absolute atomic E-state index is 10.8. The predicted octanol–water partition coefficient (Wildman–Crippen LogP) is 1.15. The number of carbonyl (C=O) groups excluding carboxylic acids is 1. The average molecular weight is 202 g/mol. The second-order valence-corrected chi connectivity index (χ2v) is 2.78. The number of benzene rings is 1. The Labute approximate surface area is 79.9 Å². The number of nitrogens with two attached hydrogens (primary N) is 1. The van der Waals surface area contributed by atoms with E-state index in [1.54, 1.807) is 0 Å². The van der Waals surface area contributed by atoms with Crippen LogP contribution >= 0.6 is 11.6 Å². The monoisotopic (exact) mass is 201 g/mol.